The zero-order chi connectivity index (χ0) is 28.0. The highest BCUT2D eigenvalue weighted by molar-refractivity contribution is 9.10. The van der Waals surface area contributed by atoms with Gasteiger partial charge in [0, 0.05) is 25.9 Å². The van der Waals surface area contributed by atoms with Crippen LogP contribution < -0.4 is 9.80 Å². The highest BCUT2D eigenvalue weighted by atomic mass is 79.9. The second kappa shape index (κ2) is 8.96. The normalized spacial score (nSPS) is 31.3. The highest BCUT2D eigenvalue weighted by Gasteiger charge is 2.77. The van der Waals surface area contributed by atoms with Gasteiger partial charge in [-0.3, -0.25) is 29.0 Å². The number of allylic oxidation sites excluding steroid dienone is 1. The Labute approximate surface area is 241 Å². The van der Waals surface area contributed by atoms with Gasteiger partial charge in [0.05, 0.1) is 41.7 Å². The summed E-state index contributed by atoms with van der Waals surface area (Å²) < 4.78 is 6.99. The third-order valence-electron chi connectivity index (χ3n) is 8.85. The molecule has 2 aliphatic heterocycles. The molecule has 2 bridgehead atoms. The van der Waals surface area contributed by atoms with E-state index in [2.05, 4.69) is 31.9 Å². The molecule has 1 saturated carbocycles. The molecule has 0 N–H and O–H groups in total. The topological polar surface area (TPSA) is 101 Å². The lowest BCUT2D eigenvalue weighted by Crippen LogP contribution is -2.61. The zero-order valence-electron chi connectivity index (χ0n) is 21.3. The van der Waals surface area contributed by atoms with Gasteiger partial charge >= 0.3 is 5.97 Å². The van der Waals surface area contributed by atoms with Gasteiger partial charge in [-0.1, -0.05) is 44.4 Å². The third kappa shape index (κ3) is 3.37. The number of anilines is 2. The Morgan fingerprint density at radius 1 is 0.769 bits per heavy atom. The van der Waals surface area contributed by atoms with Crippen LogP contribution in [0.1, 0.15) is 20.8 Å². The van der Waals surface area contributed by atoms with Crippen LogP contribution in [0.5, 0.6) is 0 Å². The van der Waals surface area contributed by atoms with Crippen LogP contribution in [0.2, 0.25) is 0 Å². The molecule has 4 amide bonds. The fourth-order valence-corrected chi connectivity index (χ4v) is 8.03. The first kappa shape index (κ1) is 26.1. The molecule has 2 heterocycles. The van der Waals surface area contributed by atoms with Crippen molar-refractivity contribution in [3.05, 3.63) is 68.6 Å². The van der Waals surface area contributed by atoms with Gasteiger partial charge in [-0.2, -0.15) is 0 Å². The van der Waals surface area contributed by atoms with Crippen molar-refractivity contribution in [3.8, 4) is 0 Å². The first-order valence-corrected chi connectivity index (χ1v) is 14.3. The molecule has 2 aromatic carbocycles. The van der Waals surface area contributed by atoms with Gasteiger partial charge < -0.3 is 4.74 Å². The number of ether oxygens (including phenoxy) is 1. The Morgan fingerprint density at radius 3 is 1.56 bits per heavy atom. The summed E-state index contributed by atoms with van der Waals surface area (Å²) in [7, 11) is 0. The molecule has 8 nitrogen and oxygen atoms in total. The zero-order valence-corrected chi connectivity index (χ0v) is 24.5. The van der Waals surface area contributed by atoms with Crippen molar-refractivity contribution < 1.29 is 28.7 Å². The smallest absolute Gasteiger partial charge is 0.334 e. The van der Waals surface area contributed by atoms with Crippen LogP contribution in [0.4, 0.5) is 11.4 Å². The number of carbonyl (C=O) groups is 5. The van der Waals surface area contributed by atoms with Gasteiger partial charge in [0.2, 0.25) is 23.6 Å². The fraction of sp³-hybridized carbons (Fsp3) is 0.345. The maximum absolute atomic E-state index is 14.1. The lowest BCUT2D eigenvalue weighted by atomic mass is 9.43. The van der Waals surface area contributed by atoms with Crippen LogP contribution in [0.25, 0.3) is 0 Å². The second-order valence-electron chi connectivity index (χ2n) is 10.6. The summed E-state index contributed by atoms with van der Waals surface area (Å²) in [5.74, 6) is -6.98. The largest absolute Gasteiger partial charge is 0.463 e. The minimum Gasteiger partial charge on any atom is -0.463 e. The molecule has 2 aromatic rings. The lowest BCUT2D eigenvalue weighted by molar-refractivity contribution is -0.155. The second-order valence-corrected chi connectivity index (χ2v) is 12.4. The first-order valence-electron chi connectivity index (χ1n) is 12.7. The average Bonchev–Trinajstić information content (AvgIpc) is 3.32. The summed E-state index contributed by atoms with van der Waals surface area (Å²) in [5.41, 5.74) is 0.153. The Bertz CT molecular complexity index is 1410. The van der Waals surface area contributed by atoms with E-state index in [1.165, 1.54) is 0 Å². The van der Waals surface area contributed by atoms with Crippen LogP contribution >= 0.6 is 31.9 Å². The molecule has 3 fully saturated rings. The standard InChI is InChI=1S/C29H24Br2N2O6/c1-4-39-28(38)21-13(2)18-19-22(26(36)32(24(19)34)16-9-5-14(30)6-10-16)29(21,3)23-20(18)25(35)33(27(23)37)17-11-7-15(31)8-12-17/h5-12,18-20,22-23H,4H2,1-3H3/t18?,19-,20+,22+,23-,29?. The molecule has 2 unspecified atom stereocenters. The molecule has 200 valence electrons. The van der Waals surface area contributed by atoms with E-state index >= 15 is 0 Å². The number of nitrogens with zero attached hydrogens (tertiary/aromatic N) is 2. The predicted molar refractivity (Wildman–Crippen MR) is 148 cm³/mol. The van der Waals surface area contributed by atoms with E-state index in [9.17, 15) is 24.0 Å². The van der Waals surface area contributed by atoms with Crippen LogP contribution in [0.3, 0.4) is 0 Å². The summed E-state index contributed by atoms with van der Waals surface area (Å²) in [6.45, 7) is 5.19. The van der Waals surface area contributed by atoms with E-state index < -0.39 is 64.6 Å². The maximum Gasteiger partial charge on any atom is 0.334 e. The lowest BCUT2D eigenvalue weighted by Gasteiger charge is -2.55. The minimum absolute atomic E-state index is 0.105. The summed E-state index contributed by atoms with van der Waals surface area (Å²) in [6, 6.07) is 13.6. The molecule has 5 aliphatic rings. The average molecular weight is 656 g/mol. The van der Waals surface area contributed by atoms with Gasteiger partial charge in [0.1, 0.15) is 0 Å². The summed E-state index contributed by atoms with van der Waals surface area (Å²) >= 11 is 6.75. The Morgan fingerprint density at radius 2 is 1.18 bits per heavy atom. The van der Waals surface area contributed by atoms with Crippen LogP contribution in [0.15, 0.2) is 68.6 Å². The number of imide groups is 2. The first-order chi connectivity index (χ1) is 18.5. The van der Waals surface area contributed by atoms with Crippen molar-refractivity contribution in [1.82, 2.24) is 0 Å². The molecule has 2 saturated heterocycles. The van der Waals surface area contributed by atoms with Gasteiger partial charge in [-0.15, -0.1) is 0 Å². The molecule has 6 atom stereocenters. The number of esters is 1. The number of hydrogen-bond acceptors (Lipinski definition) is 6. The van der Waals surface area contributed by atoms with E-state index in [0.29, 0.717) is 16.9 Å². The van der Waals surface area contributed by atoms with E-state index in [1.807, 2.05) is 0 Å². The molecular formula is C29H24Br2N2O6. The van der Waals surface area contributed by atoms with E-state index in [-0.39, 0.29) is 12.2 Å². The van der Waals surface area contributed by atoms with Gasteiger partial charge in [0.25, 0.3) is 0 Å². The molecule has 10 heteroatoms. The van der Waals surface area contributed by atoms with Gasteiger partial charge in [-0.05, 0) is 62.4 Å². The molecular weight excluding hydrogens is 632 g/mol. The minimum atomic E-state index is -1.42. The fourth-order valence-electron chi connectivity index (χ4n) is 7.50. The summed E-state index contributed by atoms with van der Waals surface area (Å²) in [6.07, 6.45) is 0. The number of rotatable bonds is 4. The SMILES string of the molecule is CCOC(=O)C1=C(C)C2[C@H]3C(=O)N(c4ccc(Br)cc4)C(=O)[C@H]3C1(C)[C@H]1C(=O)N(c3ccc(Br)cc3)C(=O)[C@@H]21. The quantitative estimate of drug-likeness (QED) is 0.351. The number of carbonyl (C=O) groups excluding carboxylic acids is 5. The van der Waals surface area contributed by atoms with Crippen molar-refractivity contribution in [3.63, 3.8) is 0 Å². The Kier molecular flexibility index (Phi) is 6.00. The van der Waals surface area contributed by atoms with Crippen molar-refractivity contribution in [2.75, 3.05) is 16.4 Å². The van der Waals surface area contributed by atoms with Crippen molar-refractivity contribution in [2.24, 2.45) is 35.0 Å². The van der Waals surface area contributed by atoms with Crippen molar-refractivity contribution >= 4 is 72.8 Å². The molecule has 0 radical (unpaired) electrons. The molecule has 3 aliphatic carbocycles. The van der Waals surface area contributed by atoms with Crippen LogP contribution in [-0.4, -0.2) is 36.2 Å². The van der Waals surface area contributed by atoms with E-state index in [1.54, 1.807) is 69.3 Å². The predicted octanol–water partition coefficient (Wildman–Crippen LogP) is 4.65. The monoisotopic (exact) mass is 654 g/mol. The van der Waals surface area contributed by atoms with Crippen molar-refractivity contribution in [2.45, 2.75) is 20.8 Å². The summed E-state index contributed by atoms with van der Waals surface area (Å²) in [4.78, 5) is 72.0. The van der Waals surface area contributed by atoms with E-state index in [4.69, 9.17) is 4.74 Å². The number of hydrogen-bond donors (Lipinski definition) is 0. The molecule has 7 rings (SSSR count). The molecule has 0 spiro atoms. The maximum atomic E-state index is 14.1. The van der Waals surface area contributed by atoms with E-state index in [0.717, 1.165) is 18.7 Å². The van der Waals surface area contributed by atoms with Crippen LogP contribution in [-0.2, 0) is 28.7 Å². The number of amides is 4. The van der Waals surface area contributed by atoms with Gasteiger partial charge in [0.15, 0.2) is 0 Å². The number of halogens is 2. The van der Waals surface area contributed by atoms with Gasteiger partial charge in [-0.25, -0.2) is 4.79 Å². The number of benzene rings is 2. The summed E-state index contributed by atoms with van der Waals surface area (Å²) in [5, 5.41) is 0. The Hall–Kier alpha value is -3.11. The highest BCUT2D eigenvalue weighted by Crippen LogP contribution is 2.68. The molecule has 39 heavy (non-hydrogen) atoms. The van der Waals surface area contributed by atoms with Crippen LogP contribution in [0, 0.1) is 35.0 Å². The van der Waals surface area contributed by atoms with Crippen molar-refractivity contribution in [1.29, 1.82) is 0 Å². The Balaban J connectivity index is 1.54. The third-order valence-corrected chi connectivity index (χ3v) is 9.91. The molecule has 0 aromatic heterocycles.